The van der Waals surface area contributed by atoms with Crippen molar-refractivity contribution < 1.29 is 9.32 Å². The highest BCUT2D eigenvalue weighted by atomic mass is 16.5. The average Bonchev–Trinajstić information content (AvgIpc) is 3.09. The molecule has 0 radical (unpaired) electrons. The van der Waals surface area contributed by atoms with Gasteiger partial charge in [-0.15, -0.1) is 0 Å². The third kappa shape index (κ3) is 4.00. The van der Waals surface area contributed by atoms with Gasteiger partial charge >= 0.3 is 0 Å². The Morgan fingerprint density at radius 2 is 2.00 bits per heavy atom. The van der Waals surface area contributed by atoms with Crippen molar-refractivity contribution in [1.29, 1.82) is 0 Å². The Morgan fingerprint density at radius 3 is 2.78 bits per heavy atom. The molecule has 1 N–H and O–H groups in total. The van der Waals surface area contributed by atoms with E-state index in [1.165, 1.54) is 0 Å². The van der Waals surface area contributed by atoms with E-state index in [0.717, 1.165) is 12.0 Å². The van der Waals surface area contributed by atoms with Gasteiger partial charge < -0.3 is 9.84 Å². The Hall–Kier alpha value is -3.02. The number of nitrogens with zero attached hydrogens (tertiary/aromatic N) is 3. The molecule has 0 spiro atoms. The highest BCUT2D eigenvalue weighted by molar-refractivity contribution is 5.93. The summed E-state index contributed by atoms with van der Waals surface area (Å²) in [6.45, 7) is 0.538. The van der Waals surface area contributed by atoms with Crippen LogP contribution < -0.4 is 5.32 Å². The maximum absolute atomic E-state index is 11.8. The number of benzene rings is 1. The number of aryl methyl sites for hydroxylation is 1. The summed E-state index contributed by atoms with van der Waals surface area (Å²) in [5.74, 6) is 1.02. The van der Waals surface area contributed by atoms with Crippen LogP contribution in [-0.2, 0) is 6.42 Å². The summed E-state index contributed by atoms with van der Waals surface area (Å²) in [5.41, 5.74) is 1.48. The molecule has 23 heavy (non-hydrogen) atoms. The van der Waals surface area contributed by atoms with Crippen molar-refractivity contribution in [1.82, 2.24) is 20.4 Å². The molecular formula is C17H16N4O2. The number of pyridine rings is 1. The molecule has 0 aliphatic rings. The first kappa shape index (κ1) is 14.9. The molecule has 1 aromatic carbocycles. The minimum Gasteiger partial charge on any atom is -0.352 e. The molecule has 0 saturated heterocycles. The second-order valence-corrected chi connectivity index (χ2v) is 4.98. The lowest BCUT2D eigenvalue weighted by atomic mass is 10.2. The number of hydrogen-bond acceptors (Lipinski definition) is 5. The molecule has 1 amide bonds. The molecule has 6 nitrogen and oxygen atoms in total. The Balaban J connectivity index is 1.46. The van der Waals surface area contributed by atoms with Gasteiger partial charge in [-0.1, -0.05) is 35.5 Å². The molecule has 0 atom stereocenters. The normalized spacial score (nSPS) is 10.4. The fourth-order valence-corrected chi connectivity index (χ4v) is 2.10. The lowest BCUT2D eigenvalue weighted by Gasteiger charge is -2.03. The predicted octanol–water partition coefficient (Wildman–Crippen LogP) is 2.49. The Kier molecular flexibility index (Phi) is 4.73. The summed E-state index contributed by atoms with van der Waals surface area (Å²) in [5, 5.41) is 6.81. The van der Waals surface area contributed by atoms with Gasteiger partial charge in [-0.05, 0) is 18.6 Å². The van der Waals surface area contributed by atoms with E-state index in [0.29, 0.717) is 30.2 Å². The van der Waals surface area contributed by atoms with Crippen molar-refractivity contribution in [3.8, 4) is 11.4 Å². The number of carbonyl (C=O) groups is 1. The van der Waals surface area contributed by atoms with Gasteiger partial charge in [0.15, 0.2) is 0 Å². The average molecular weight is 308 g/mol. The van der Waals surface area contributed by atoms with Crippen LogP contribution in [0.1, 0.15) is 22.7 Å². The molecule has 3 rings (SSSR count). The van der Waals surface area contributed by atoms with E-state index < -0.39 is 0 Å². The second kappa shape index (κ2) is 7.31. The van der Waals surface area contributed by atoms with Crippen molar-refractivity contribution in [3.63, 3.8) is 0 Å². The Bertz CT molecular complexity index is 757. The summed E-state index contributed by atoms with van der Waals surface area (Å²) in [6, 6.07) is 13.1. The predicted molar refractivity (Wildman–Crippen MR) is 84.6 cm³/mol. The zero-order valence-electron chi connectivity index (χ0n) is 12.5. The maximum atomic E-state index is 11.8. The highest BCUT2D eigenvalue weighted by Gasteiger charge is 2.08. The lowest BCUT2D eigenvalue weighted by Crippen LogP contribution is -2.24. The van der Waals surface area contributed by atoms with Crippen molar-refractivity contribution in [2.24, 2.45) is 0 Å². The van der Waals surface area contributed by atoms with E-state index in [1.54, 1.807) is 24.5 Å². The molecule has 0 aliphatic carbocycles. The van der Waals surface area contributed by atoms with Crippen LogP contribution in [-0.4, -0.2) is 27.6 Å². The van der Waals surface area contributed by atoms with E-state index in [4.69, 9.17) is 4.52 Å². The fraction of sp³-hybridized carbons (Fsp3) is 0.176. The molecule has 116 valence electrons. The molecule has 0 aliphatic heterocycles. The van der Waals surface area contributed by atoms with Gasteiger partial charge in [-0.25, -0.2) is 0 Å². The topological polar surface area (TPSA) is 80.9 Å². The van der Waals surface area contributed by atoms with Gasteiger partial charge in [-0.2, -0.15) is 4.98 Å². The van der Waals surface area contributed by atoms with Crippen LogP contribution in [0.15, 0.2) is 59.4 Å². The monoisotopic (exact) mass is 308 g/mol. The molecule has 0 fully saturated rings. The van der Waals surface area contributed by atoms with Gasteiger partial charge in [0.1, 0.15) is 0 Å². The van der Waals surface area contributed by atoms with Crippen molar-refractivity contribution in [3.05, 3.63) is 66.3 Å². The van der Waals surface area contributed by atoms with Crippen molar-refractivity contribution in [2.45, 2.75) is 12.8 Å². The lowest BCUT2D eigenvalue weighted by molar-refractivity contribution is 0.0952. The SMILES string of the molecule is O=C(NCCCc1nc(-c2ccccc2)no1)c1cccnc1. The highest BCUT2D eigenvalue weighted by Crippen LogP contribution is 2.15. The van der Waals surface area contributed by atoms with E-state index in [-0.39, 0.29) is 5.91 Å². The van der Waals surface area contributed by atoms with Crippen LogP contribution in [0.5, 0.6) is 0 Å². The third-order valence-corrected chi connectivity index (χ3v) is 3.28. The van der Waals surface area contributed by atoms with Gasteiger partial charge in [0, 0.05) is 30.9 Å². The standard InChI is InChI=1S/C17H16N4O2/c22-17(14-8-4-10-18-12-14)19-11-5-9-15-20-16(21-23-15)13-6-2-1-3-7-13/h1-4,6-8,10,12H,5,9,11H2,(H,19,22). The van der Waals surface area contributed by atoms with Gasteiger partial charge in [-0.3, -0.25) is 9.78 Å². The first-order valence-corrected chi connectivity index (χ1v) is 7.39. The van der Waals surface area contributed by atoms with Gasteiger partial charge in [0.25, 0.3) is 5.91 Å². The molecule has 2 aromatic heterocycles. The smallest absolute Gasteiger partial charge is 0.252 e. The summed E-state index contributed by atoms with van der Waals surface area (Å²) in [7, 11) is 0. The number of carbonyl (C=O) groups excluding carboxylic acids is 1. The molecular weight excluding hydrogens is 292 g/mol. The Morgan fingerprint density at radius 1 is 1.13 bits per heavy atom. The molecule has 0 bridgehead atoms. The van der Waals surface area contributed by atoms with Crippen molar-refractivity contribution >= 4 is 5.91 Å². The number of amides is 1. The molecule has 2 heterocycles. The summed E-state index contributed by atoms with van der Waals surface area (Å²) in [4.78, 5) is 20.1. The van der Waals surface area contributed by atoms with Crippen LogP contribution in [0.3, 0.4) is 0 Å². The quantitative estimate of drug-likeness (QED) is 0.708. The van der Waals surface area contributed by atoms with Crippen LogP contribution in [0.25, 0.3) is 11.4 Å². The molecule has 0 unspecified atom stereocenters. The zero-order chi connectivity index (χ0) is 15.9. The van der Waals surface area contributed by atoms with Gasteiger partial charge in [0.05, 0.1) is 5.56 Å². The maximum Gasteiger partial charge on any atom is 0.252 e. The molecule has 0 saturated carbocycles. The van der Waals surface area contributed by atoms with Crippen LogP contribution >= 0.6 is 0 Å². The minimum atomic E-state index is -0.131. The van der Waals surface area contributed by atoms with Crippen LogP contribution in [0, 0.1) is 0 Å². The van der Waals surface area contributed by atoms with Gasteiger partial charge in [0.2, 0.25) is 11.7 Å². The summed E-state index contributed by atoms with van der Waals surface area (Å²) in [6.07, 6.45) is 4.52. The first-order valence-electron chi connectivity index (χ1n) is 7.39. The van der Waals surface area contributed by atoms with Crippen molar-refractivity contribution in [2.75, 3.05) is 6.54 Å². The first-order chi connectivity index (χ1) is 11.3. The second-order valence-electron chi connectivity index (χ2n) is 4.98. The fourth-order valence-electron chi connectivity index (χ4n) is 2.10. The van der Waals surface area contributed by atoms with E-state index in [1.807, 2.05) is 30.3 Å². The number of hydrogen-bond donors (Lipinski definition) is 1. The number of aromatic nitrogens is 3. The zero-order valence-corrected chi connectivity index (χ0v) is 12.5. The minimum absolute atomic E-state index is 0.131. The third-order valence-electron chi connectivity index (χ3n) is 3.28. The summed E-state index contributed by atoms with van der Waals surface area (Å²) >= 11 is 0. The largest absolute Gasteiger partial charge is 0.352 e. The van der Waals surface area contributed by atoms with E-state index in [2.05, 4.69) is 20.4 Å². The van der Waals surface area contributed by atoms with E-state index in [9.17, 15) is 4.79 Å². The Labute approximate surface area is 133 Å². The molecule has 3 aromatic rings. The number of rotatable bonds is 6. The van der Waals surface area contributed by atoms with Crippen LogP contribution in [0.4, 0.5) is 0 Å². The van der Waals surface area contributed by atoms with Crippen LogP contribution in [0.2, 0.25) is 0 Å². The number of nitrogens with one attached hydrogen (secondary N) is 1. The summed E-state index contributed by atoms with van der Waals surface area (Å²) < 4.78 is 5.23. The van der Waals surface area contributed by atoms with E-state index >= 15 is 0 Å². The molecule has 6 heteroatoms.